The molecular formula is C19H32O7. The van der Waals surface area contributed by atoms with E-state index < -0.39 is 17.4 Å². The van der Waals surface area contributed by atoms with Crippen molar-refractivity contribution in [1.29, 1.82) is 0 Å². The SMILES string of the molecule is CCC(CC[C@@]12OC[C@H]3OC(C)(C)O[C@H]3[C@@H]1OC(C)(C)O2)COC(C)=O. The first kappa shape index (κ1) is 20.0. The van der Waals surface area contributed by atoms with Gasteiger partial charge in [-0.2, -0.15) is 0 Å². The molecule has 3 aliphatic heterocycles. The minimum absolute atomic E-state index is 0.163. The Bertz CT molecular complexity index is 532. The number of fused-ring (bicyclic) bond motifs is 3. The summed E-state index contributed by atoms with van der Waals surface area (Å²) in [7, 11) is 0. The van der Waals surface area contributed by atoms with Crippen LogP contribution in [0.1, 0.15) is 60.8 Å². The van der Waals surface area contributed by atoms with Gasteiger partial charge in [-0.3, -0.25) is 4.79 Å². The zero-order chi connectivity index (χ0) is 19.2. The lowest BCUT2D eigenvalue weighted by Crippen LogP contribution is -2.58. The topological polar surface area (TPSA) is 72.5 Å². The molecule has 0 aliphatic carbocycles. The number of hydrogen-bond donors (Lipinski definition) is 0. The Labute approximate surface area is 155 Å². The van der Waals surface area contributed by atoms with Crippen molar-refractivity contribution in [3.63, 3.8) is 0 Å². The first-order chi connectivity index (χ1) is 12.1. The van der Waals surface area contributed by atoms with Gasteiger partial charge in [-0.25, -0.2) is 0 Å². The predicted octanol–water partition coefficient (Wildman–Crippen LogP) is 2.75. The fourth-order valence-electron chi connectivity index (χ4n) is 4.11. The molecule has 0 aromatic carbocycles. The third-order valence-electron chi connectivity index (χ3n) is 5.28. The van der Waals surface area contributed by atoms with Crippen LogP contribution in [0.4, 0.5) is 0 Å². The molecule has 3 rings (SSSR count). The molecule has 3 heterocycles. The number of rotatable bonds is 6. The molecule has 0 amide bonds. The van der Waals surface area contributed by atoms with E-state index in [2.05, 4.69) is 6.92 Å². The minimum atomic E-state index is -0.863. The van der Waals surface area contributed by atoms with Gasteiger partial charge in [0.25, 0.3) is 0 Å². The van der Waals surface area contributed by atoms with Crippen molar-refractivity contribution >= 4 is 5.97 Å². The lowest BCUT2D eigenvalue weighted by molar-refractivity contribution is -0.285. The highest BCUT2D eigenvalue weighted by atomic mass is 16.9. The molecule has 0 saturated carbocycles. The maximum atomic E-state index is 11.1. The van der Waals surface area contributed by atoms with Crippen LogP contribution >= 0.6 is 0 Å². The van der Waals surface area contributed by atoms with Crippen LogP contribution in [0.25, 0.3) is 0 Å². The van der Waals surface area contributed by atoms with E-state index in [9.17, 15) is 4.79 Å². The normalized spacial score (nSPS) is 38.5. The van der Waals surface area contributed by atoms with Gasteiger partial charge in [0, 0.05) is 13.3 Å². The molecule has 0 radical (unpaired) electrons. The number of ether oxygens (including phenoxy) is 6. The standard InChI is InChI=1S/C19H32O7/c1-7-13(10-21-12(2)20)8-9-19-16(25-18(5,6)26-19)15-14(11-22-19)23-17(3,4)24-15/h13-16H,7-11H2,1-6H3/t13?,14-,15-,16+,19+/m1/s1. The van der Waals surface area contributed by atoms with Gasteiger partial charge < -0.3 is 28.4 Å². The van der Waals surface area contributed by atoms with Crippen molar-refractivity contribution in [1.82, 2.24) is 0 Å². The first-order valence-corrected chi connectivity index (χ1v) is 9.57. The summed E-state index contributed by atoms with van der Waals surface area (Å²) in [6, 6.07) is 0. The molecule has 0 aromatic rings. The van der Waals surface area contributed by atoms with E-state index in [0.29, 0.717) is 19.6 Å². The predicted molar refractivity (Wildman–Crippen MR) is 92.2 cm³/mol. The third kappa shape index (κ3) is 4.07. The van der Waals surface area contributed by atoms with Crippen LogP contribution in [-0.4, -0.2) is 54.9 Å². The van der Waals surface area contributed by atoms with Crippen molar-refractivity contribution in [2.24, 2.45) is 5.92 Å². The lowest BCUT2D eigenvalue weighted by atomic mass is 9.90. The molecule has 3 fully saturated rings. The van der Waals surface area contributed by atoms with E-state index in [1.165, 1.54) is 6.92 Å². The molecular weight excluding hydrogens is 340 g/mol. The second-order valence-electron chi connectivity index (χ2n) is 8.42. The summed E-state index contributed by atoms with van der Waals surface area (Å²) in [5.74, 6) is -2.28. The van der Waals surface area contributed by atoms with Crippen LogP contribution in [0.15, 0.2) is 0 Å². The van der Waals surface area contributed by atoms with Gasteiger partial charge in [0.2, 0.25) is 5.79 Å². The summed E-state index contributed by atoms with van der Waals surface area (Å²) >= 11 is 0. The number of carbonyl (C=O) groups is 1. The maximum Gasteiger partial charge on any atom is 0.302 e. The van der Waals surface area contributed by atoms with Crippen LogP contribution < -0.4 is 0 Å². The van der Waals surface area contributed by atoms with Crippen LogP contribution in [0.2, 0.25) is 0 Å². The van der Waals surface area contributed by atoms with Crippen molar-refractivity contribution in [3.8, 4) is 0 Å². The molecule has 0 bridgehead atoms. The Hall–Kier alpha value is -0.730. The van der Waals surface area contributed by atoms with Gasteiger partial charge in [0.15, 0.2) is 11.6 Å². The van der Waals surface area contributed by atoms with Gasteiger partial charge in [-0.05, 0) is 40.0 Å². The molecule has 150 valence electrons. The average Bonchev–Trinajstić information content (AvgIpc) is 2.98. The Kier molecular flexibility index (Phi) is 5.40. The van der Waals surface area contributed by atoms with Crippen molar-refractivity contribution in [2.45, 2.75) is 96.5 Å². The highest BCUT2D eigenvalue weighted by molar-refractivity contribution is 5.65. The highest BCUT2D eigenvalue weighted by Crippen LogP contribution is 2.49. The zero-order valence-corrected chi connectivity index (χ0v) is 16.7. The fourth-order valence-corrected chi connectivity index (χ4v) is 4.11. The molecule has 5 atom stereocenters. The summed E-state index contributed by atoms with van der Waals surface area (Å²) in [4.78, 5) is 11.1. The van der Waals surface area contributed by atoms with Gasteiger partial charge >= 0.3 is 5.97 Å². The fraction of sp³-hybridized carbons (Fsp3) is 0.947. The number of hydrogen-bond acceptors (Lipinski definition) is 7. The number of esters is 1. The Morgan fingerprint density at radius 3 is 2.54 bits per heavy atom. The van der Waals surface area contributed by atoms with Crippen molar-refractivity contribution < 1.29 is 33.2 Å². The molecule has 0 N–H and O–H groups in total. The van der Waals surface area contributed by atoms with Gasteiger partial charge in [0.1, 0.15) is 18.3 Å². The van der Waals surface area contributed by atoms with E-state index in [1.54, 1.807) is 0 Å². The van der Waals surface area contributed by atoms with Crippen LogP contribution in [0.5, 0.6) is 0 Å². The molecule has 7 heteroatoms. The molecule has 3 aliphatic rings. The van der Waals surface area contributed by atoms with E-state index in [0.717, 1.165) is 12.8 Å². The van der Waals surface area contributed by atoms with E-state index in [-0.39, 0.29) is 30.2 Å². The molecule has 1 unspecified atom stereocenters. The molecule has 3 saturated heterocycles. The Balaban J connectivity index is 1.72. The molecule has 0 spiro atoms. The van der Waals surface area contributed by atoms with Crippen LogP contribution in [0.3, 0.4) is 0 Å². The number of carbonyl (C=O) groups excluding carboxylic acids is 1. The summed E-state index contributed by atoms with van der Waals surface area (Å²) < 4.78 is 35.9. The third-order valence-corrected chi connectivity index (χ3v) is 5.28. The highest BCUT2D eigenvalue weighted by Gasteiger charge is 2.64. The minimum Gasteiger partial charge on any atom is -0.466 e. The van der Waals surface area contributed by atoms with E-state index in [1.807, 2.05) is 27.7 Å². The van der Waals surface area contributed by atoms with Crippen molar-refractivity contribution in [2.75, 3.05) is 13.2 Å². The van der Waals surface area contributed by atoms with Crippen LogP contribution in [0, 0.1) is 5.92 Å². The largest absolute Gasteiger partial charge is 0.466 e. The monoisotopic (exact) mass is 372 g/mol. The summed E-state index contributed by atoms with van der Waals surface area (Å²) in [5, 5.41) is 0. The lowest BCUT2D eigenvalue weighted by Gasteiger charge is -2.41. The van der Waals surface area contributed by atoms with Gasteiger partial charge in [0.05, 0.1) is 13.2 Å². The summed E-state index contributed by atoms with van der Waals surface area (Å²) in [6.45, 7) is 11.9. The zero-order valence-electron chi connectivity index (χ0n) is 16.7. The molecule has 7 nitrogen and oxygen atoms in total. The molecule has 0 aromatic heterocycles. The summed E-state index contributed by atoms with van der Waals surface area (Å²) in [6.07, 6.45) is 1.62. The Morgan fingerprint density at radius 1 is 1.15 bits per heavy atom. The maximum absolute atomic E-state index is 11.1. The first-order valence-electron chi connectivity index (χ1n) is 9.57. The van der Waals surface area contributed by atoms with E-state index >= 15 is 0 Å². The summed E-state index contributed by atoms with van der Waals surface area (Å²) in [5.41, 5.74) is 0. The average molecular weight is 372 g/mol. The van der Waals surface area contributed by atoms with Gasteiger partial charge in [-0.15, -0.1) is 0 Å². The van der Waals surface area contributed by atoms with E-state index in [4.69, 9.17) is 28.4 Å². The van der Waals surface area contributed by atoms with Crippen molar-refractivity contribution in [3.05, 3.63) is 0 Å². The second-order valence-corrected chi connectivity index (χ2v) is 8.42. The van der Waals surface area contributed by atoms with Gasteiger partial charge in [-0.1, -0.05) is 13.3 Å². The quantitative estimate of drug-likeness (QED) is 0.664. The molecule has 26 heavy (non-hydrogen) atoms. The van der Waals surface area contributed by atoms with Crippen LogP contribution in [-0.2, 0) is 33.2 Å². The second kappa shape index (κ2) is 7.02. The smallest absolute Gasteiger partial charge is 0.302 e. The Morgan fingerprint density at radius 2 is 1.88 bits per heavy atom.